The number of ether oxygens (including phenoxy) is 2. The Balaban J connectivity index is 4.07. The maximum absolute atomic E-state index is 11.1. The maximum Gasteiger partial charge on any atom is 0.437 e. The van der Waals surface area contributed by atoms with E-state index in [2.05, 4.69) is 4.99 Å². The van der Waals surface area contributed by atoms with E-state index in [-0.39, 0.29) is 0 Å². The quantitative estimate of drug-likeness (QED) is 0.467. The van der Waals surface area contributed by atoms with Gasteiger partial charge in [0.05, 0.1) is 6.61 Å². The van der Waals surface area contributed by atoms with E-state index in [0.717, 1.165) is 0 Å². The van der Waals surface area contributed by atoms with Gasteiger partial charge in [-0.05, 0) is 27.7 Å². The summed E-state index contributed by atoms with van der Waals surface area (Å²) in [6.07, 6.45) is -0.613. The van der Waals surface area contributed by atoms with Crippen molar-refractivity contribution in [3.05, 3.63) is 0 Å². The first-order valence-electron chi connectivity index (χ1n) is 4.26. The molecule has 0 aliphatic carbocycles. The van der Waals surface area contributed by atoms with E-state index in [1.54, 1.807) is 27.7 Å². The van der Waals surface area contributed by atoms with E-state index in [9.17, 15) is 4.79 Å². The molecular weight excluding hydrogens is 170 g/mol. The van der Waals surface area contributed by atoms with Gasteiger partial charge >= 0.3 is 6.09 Å². The summed E-state index contributed by atoms with van der Waals surface area (Å²) in [7, 11) is 0. The molecule has 0 saturated carbocycles. The predicted octanol–water partition coefficient (Wildman–Crippen LogP) is 2.38. The number of rotatable bonds is 1. The minimum absolute atomic E-state index is 0.330. The molecule has 0 unspecified atom stereocenters. The summed E-state index contributed by atoms with van der Waals surface area (Å²) >= 11 is 0. The summed E-state index contributed by atoms with van der Waals surface area (Å²) in [5, 5.41) is 0. The van der Waals surface area contributed by atoms with Crippen molar-refractivity contribution < 1.29 is 14.3 Å². The third-order valence-corrected chi connectivity index (χ3v) is 0.995. The summed E-state index contributed by atoms with van der Waals surface area (Å²) in [6.45, 7) is 9.31. The monoisotopic (exact) mass is 187 g/mol. The van der Waals surface area contributed by atoms with Crippen LogP contribution >= 0.6 is 0 Å². The lowest BCUT2D eigenvalue weighted by molar-refractivity contribution is 0.0599. The summed E-state index contributed by atoms with van der Waals surface area (Å²) in [5.41, 5.74) is -0.507. The van der Waals surface area contributed by atoms with Crippen molar-refractivity contribution in [2.45, 2.75) is 40.2 Å². The summed E-state index contributed by atoms with van der Waals surface area (Å²) in [6, 6.07) is 0. The van der Waals surface area contributed by atoms with Crippen molar-refractivity contribution in [3.63, 3.8) is 0 Å². The van der Waals surface area contributed by atoms with Crippen LogP contribution in [-0.2, 0) is 9.47 Å². The lowest BCUT2D eigenvalue weighted by atomic mass is 10.2. The molecule has 1 amide bonds. The Morgan fingerprint density at radius 2 is 1.92 bits per heavy atom. The van der Waals surface area contributed by atoms with E-state index in [1.165, 1.54) is 0 Å². The first-order chi connectivity index (χ1) is 5.85. The second kappa shape index (κ2) is 4.84. The molecule has 0 atom stereocenters. The standard InChI is InChI=1S/C9H17NO3/c1-6-12-7(2)10-8(11)13-9(3,4)5/h6H2,1-5H3. The molecule has 13 heavy (non-hydrogen) atoms. The summed E-state index contributed by atoms with van der Waals surface area (Å²) in [4.78, 5) is 14.6. The SMILES string of the molecule is CCOC(C)=NC(=O)OC(C)(C)C. The molecule has 0 heterocycles. The van der Waals surface area contributed by atoms with Crippen LogP contribution < -0.4 is 0 Å². The van der Waals surface area contributed by atoms with Gasteiger partial charge in [0.15, 0.2) is 5.90 Å². The fraction of sp³-hybridized carbons (Fsp3) is 0.778. The number of carbonyl (C=O) groups excluding carboxylic acids is 1. The van der Waals surface area contributed by atoms with Gasteiger partial charge in [-0.15, -0.1) is 4.99 Å². The summed E-state index contributed by atoms with van der Waals surface area (Å²) in [5.74, 6) is 0.330. The topological polar surface area (TPSA) is 47.9 Å². The zero-order valence-electron chi connectivity index (χ0n) is 8.88. The first-order valence-corrected chi connectivity index (χ1v) is 4.26. The molecule has 0 spiro atoms. The maximum atomic E-state index is 11.1. The Bertz CT molecular complexity index is 203. The molecule has 4 nitrogen and oxygen atoms in total. The second-order valence-corrected chi connectivity index (χ2v) is 3.54. The predicted molar refractivity (Wildman–Crippen MR) is 51.0 cm³/mol. The normalized spacial score (nSPS) is 12.5. The van der Waals surface area contributed by atoms with Gasteiger partial charge in [-0.3, -0.25) is 0 Å². The number of carbonyl (C=O) groups is 1. The molecule has 0 saturated heterocycles. The Morgan fingerprint density at radius 1 is 1.38 bits per heavy atom. The molecule has 0 fully saturated rings. The van der Waals surface area contributed by atoms with E-state index >= 15 is 0 Å². The highest BCUT2D eigenvalue weighted by atomic mass is 16.6. The number of nitrogens with zero attached hydrogens (tertiary/aromatic N) is 1. The highest BCUT2D eigenvalue weighted by Gasteiger charge is 2.15. The third-order valence-electron chi connectivity index (χ3n) is 0.995. The molecule has 4 heteroatoms. The fourth-order valence-electron chi connectivity index (χ4n) is 0.654. The van der Waals surface area contributed by atoms with Crippen LogP contribution in [0.2, 0.25) is 0 Å². The molecule has 0 aromatic heterocycles. The lowest BCUT2D eigenvalue weighted by Gasteiger charge is -2.17. The number of hydrogen-bond donors (Lipinski definition) is 0. The molecular formula is C9H17NO3. The zero-order chi connectivity index (χ0) is 10.5. The molecule has 0 rings (SSSR count). The van der Waals surface area contributed by atoms with Crippen molar-refractivity contribution in [2.75, 3.05) is 6.61 Å². The molecule has 0 aliphatic rings. The van der Waals surface area contributed by atoms with Crippen LogP contribution in [0.4, 0.5) is 4.79 Å². The van der Waals surface area contributed by atoms with Gasteiger partial charge in [0.25, 0.3) is 0 Å². The van der Waals surface area contributed by atoms with Gasteiger partial charge in [-0.1, -0.05) is 0 Å². The average Bonchev–Trinajstić information content (AvgIpc) is 1.81. The molecule has 0 N–H and O–H groups in total. The molecule has 0 radical (unpaired) electrons. The van der Waals surface area contributed by atoms with E-state index in [0.29, 0.717) is 12.5 Å². The van der Waals surface area contributed by atoms with Crippen molar-refractivity contribution in [2.24, 2.45) is 4.99 Å². The average molecular weight is 187 g/mol. The van der Waals surface area contributed by atoms with Crippen molar-refractivity contribution >= 4 is 12.0 Å². The Morgan fingerprint density at radius 3 is 2.31 bits per heavy atom. The highest BCUT2D eigenvalue weighted by molar-refractivity contribution is 5.86. The fourth-order valence-corrected chi connectivity index (χ4v) is 0.654. The smallest absolute Gasteiger partial charge is 0.437 e. The molecule has 0 aliphatic heterocycles. The Labute approximate surface area is 78.9 Å². The van der Waals surface area contributed by atoms with E-state index in [1.807, 2.05) is 6.92 Å². The lowest BCUT2D eigenvalue weighted by Crippen LogP contribution is -2.22. The number of hydrogen-bond acceptors (Lipinski definition) is 3. The van der Waals surface area contributed by atoms with E-state index < -0.39 is 11.7 Å². The third kappa shape index (κ3) is 7.31. The van der Waals surface area contributed by atoms with Gasteiger partial charge in [0.2, 0.25) is 0 Å². The van der Waals surface area contributed by atoms with Crippen LogP contribution in [0.1, 0.15) is 34.6 Å². The number of amides is 1. The minimum Gasteiger partial charge on any atom is -0.481 e. The van der Waals surface area contributed by atoms with Gasteiger partial charge in [-0.25, -0.2) is 4.79 Å². The van der Waals surface area contributed by atoms with Gasteiger partial charge < -0.3 is 9.47 Å². The van der Waals surface area contributed by atoms with Gasteiger partial charge in [0, 0.05) is 6.92 Å². The van der Waals surface area contributed by atoms with Crippen LogP contribution in [0, 0.1) is 0 Å². The van der Waals surface area contributed by atoms with Crippen molar-refractivity contribution in [1.82, 2.24) is 0 Å². The van der Waals surface area contributed by atoms with Gasteiger partial charge in [-0.2, -0.15) is 0 Å². The first kappa shape index (κ1) is 11.9. The van der Waals surface area contributed by atoms with Crippen LogP contribution in [0.5, 0.6) is 0 Å². The van der Waals surface area contributed by atoms with Crippen LogP contribution in [0.15, 0.2) is 4.99 Å². The van der Waals surface area contributed by atoms with Crippen molar-refractivity contribution in [1.29, 1.82) is 0 Å². The van der Waals surface area contributed by atoms with Crippen molar-refractivity contribution in [3.8, 4) is 0 Å². The zero-order valence-corrected chi connectivity index (χ0v) is 8.88. The molecule has 76 valence electrons. The second-order valence-electron chi connectivity index (χ2n) is 3.54. The van der Waals surface area contributed by atoms with Gasteiger partial charge in [0.1, 0.15) is 5.60 Å². The molecule has 0 aromatic rings. The number of aliphatic imine (C=N–C) groups is 1. The Kier molecular flexibility index (Phi) is 4.45. The summed E-state index contributed by atoms with van der Waals surface area (Å²) < 4.78 is 9.92. The van der Waals surface area contributed by atoms with E-state index in [4.69, 9.17) is 9.47 Å². The largest absolute Gasteiger partial charge is 0.481 e. The van der Waals surface area contributed by atoms with Crippen LogP contribution in [0.25, 0.3) is 0 Å². The minimum atomic E-state index is -0.613. The van der Waals surface area contributed by atoms with Crippen LogP contribution in [-0.4, -0.2) is 24.2 Å². The molecule has 0 bridgehead atoms. The highest BCUT2D eigenvalue weighted by Crippen LogP contribution is 2.07. The van der Waals surface area contributed by atoms with Crippen LogP contribution in [0.3, 0.4) is 0 Å². The Hall–Kier alpha value is -1.06. The molecule has 0 aromatic carbocycles.